The van der Waals surface area contributed by atoms with Crippen LogP contribution in [0.5, 0.6) is 0 Å². The Morgan fingerprint density at radius 3 is 2.65 bits per heavy atom. The molecule has 0 amide bonds. The van der Waals surface area contributed by atoms with E-state index < -0.39 is 0 Å². The molecule has 2 saturated heterocycles. The number of aromatic nitrogens is 2. The smallest absolute Gasteiger partial charge is 0.0534 e. The Hall–Kier alpha value is -0.910. The topological polar surface area (TPSA) is 44.5 Å². The maximum Gasteiger partial charge on any atom is 0.0534 e. The van der Waals surface area contributed by atoms with Gasteiger partial charge in [-0.25, -0.2) is 0 Å². The number of rotatable bonds is 5. The average Bonchev–Trinajstić information content (AvgIpc) is 3.04. The van der Waals surface area contributed by atoms with Crippen molar-refractivity contribution in [2.45, 2.75) is 58.2 Å². The highest BCUT2D eigenvalue weighted by Crippen LogP contribution is 2.24. The molecule has 3 rings (SSSR count). The maximum absolute atomic E-state index is 9.41. The molecule has 5 nitrogen and oxygen atoms in total. The Morgan fingerprint density at radius 2 is 2.00 bits per heavy atom. The summed E-state index contributed by atoms with van der Waals surface area (Å²) in [5.74, 6) is 0.503. The molecule has 1 aromatic heterocycles. The summed E-state index contributed by atoms with van der Waals surface area (Å²) in [5, 5.41) is 13.9. The fourth-order valence-corrected chi connectivity index (χ4v) is 4.02. The van der Waals surface area contributed by atoms with Crippen LogP contribution in [-0.4, -0.2) is 63.5 Å². The first-order valence-corrected chi connectivity index (χ1v) is 9.26. The van der Waals surface area contributed by atoms with E-state index in [1.54, 1.807) is 0 Å². The predicted octanol–water partition coefficient (Wildman–Crippen LogP) is 2.13. The largest absolute Gasteiger partial charge is 0.396 e. The van der Waals surface area contributed by atoms with Crippen molar-refractivity contribution in [2.24, 2.45) is 5.92 Å². The molecule has 0 aromatic carbocycles. The lowest BCUT2D eigenvalue weighted by Crippen LogP contribution is -2.48. The summed E-state index contributed by atoms with van der Waals surface area (Å²) in [6, 6.07) is 1.16. The number of hydrogen-bond acceptors (Lipinski definition) is 4. The van der Waals surface area contributed by atoms with Gasteiger partial charge in [0.25, 0.3) is 0 Å². The molecule has 3 heterocycles. The summed E-state index contributed by atoms with van der Waals surface area (Å²) in [6.45, 7) is 10.4. The van der Waals surface area contributed by atoms with E-state index in [9.17, 15) is 5.11 Å². The van der Waals surface area contributed by atoms with Crippen molar-refractivity contribution in [2.75, 3.05) is 32.8 Å². The standard InChI is InChI=1S/C18H32N4O/c1-15(2)22-13-17(10-19-22)11-20-8-5-18(6-9-20)21-7-3-4-16(12-21)14-23/h10,13,15-16,18,23H,3-9,11-12,14H2,1-2H3. The number of hydrogen-bond donors (Lipinski definition) is 1. The van der Waals surface area contributed by atoms with Gasteiger partial charge in [0.2, 0.25) is 0 Å². The van der Waals surface area contributed by atoms with Gasteiger partial charge in [-0.05, 0) is 65.1 Å². The minimum absolute atomic E-state index is 0.356. The number of aliphatic hydroxyl groups excluding tert-OH is 1. The predicted molar refractivity (Wildman–Crippen MR) is 92.3 cm³/mol. The van der Waals surface area contributed by atoms with E-state index in [4.69, 9.17) is 0 Å². The molecule has 0 bridgehead atoms. The Bertz CT molecular complexity index is 479. The van der Waals surface area contributed by atoms with Crippen molar-refractivity contribution in [1.29, 1.82) is 0 Å². The zero-order chi connectivity index (χ0) is 16.2. The molecule has 0 saturated carbocycles. The van der Waals surface area contributed by atoms with E-state index in [2.05, 4.69) is 34.9 Å². The first-order chi connectivity index (χ1) is 11.2. The summed E-state index contributed by atoms with van der Waals surface area (Å²) in [6.07, 6.45) is 9.17. The Labute approximate surface area is 140 Å². The van der Waals surface area contributed by atoms with Crippen LogP contribution in [0.4, 0.5) is 0 Å². The highest BCUT2D eigenvalue weighted by atomic mass is 16.3. The van der Waals surface area contributed by atoms with Crippen LogP contribution < -0.4 is 0 Å². The summed E-state index contributed by atoms with van der Waals surface area (Å²) in [5.41, 5.74) is 1.33. The Morgan fingerprint density at radius 1 is 1.22 bits per heavy atom. The molecule has 1 atom stereocenters. The molecular formula is C18H32N4O. The normalized spacial score (nSPS) is 25.3. The molecule has 1 aromatic rings. The van der Waals surface area contributed by atoms with Crippen LogP contribution in [-0.2, 0) is 6.54 Å². The Balaban J connectivity index is 1.46. The Kier molecular flexibility index (Phi) is 5.72. The maximum atomic E-state index is 9.41. The molecule has 130 valence electrons. The van der Waals surface area contributed by atoms with Gasteiger partial charge in [0, 0.05) is 43.5 Å². The molecule has 1 N–H and O–H groups in total. The summed E-state index contributed by atoms with van der Waals surface area (Å²) in [7, 11) is 0. The molecule has 0 aliphatic carbocycles. The zero-order valence-electron chi connectivity index (χ0n) is 14.7. The monoisotopic (exact) mass is 320 g/mol. The fourth-order valence-electron chi connectivity index (χ4n) is 4.02. The van der Waals surface area contributed by atoms with Gasteiger partial charge in [-0.3, -0.25) is 14.5 Å². The van der Waals surface area contributed by atoms with Crippen molar-refractivity contribution >= 4 is 0 Å². The third-order valence-electron chi connectivity index (χ3n) is 5.47. The minimum Gasteiger partial charge on any atom is -0.396 e. The van der Waals surface area contributed by atoms with Crippen molar-refractivity contribution in [3.8, 4) is 0 Å². The lowest BCUT2D eigenvalue weighted by atomic mass is 9.94. The van der Waals surface area contributed by atoms with Crippen molar-refractivity contribution in [1.82, 2.24) is 19.6 Å². The van der Waals surface area contributed by atoms with Gasteiger partial charge in [-0.1, -0.05) is 0 Å². The number of piperidine rings is 2. The average molecular weight is 320 g/mol. The summed E-state index contributed by atoms with van der Waals surface area (Å²) >= 11 is 0. The van der Waals surface area contributed by atoms with Crippen LogP contribution in [0.25, 0.3) is 0 Å². The zero-order valence-corrected chi connectivity index (χ0v) is 14.7. The second kappa shape index (κ2) is 7.77. The van der Waals surface area contributed by atoms with Gasteiger partial charge in [0.1, 0.15) is 0 Å². The third kappa shape index (κ3) is 4.34. The molecule has 2 fully saturated rings. The highest BCUT2D eigenvalue weighted by Gasteiger charge is 2.28. The lowest BCUT2D eigenvalue weighted by molar-refractivity contribution is 0.0526. The van der Waals surface area contributed by atoms with E-state index >= 15 is 0 Å². The van der Waals surface area contributed by atoms with Crippen molar-refractivity contribution in [3.63, 3.8) is 0 Å². The van der Waals surface area contributed by atoms with E-state index in [0.717, 1.165) is 19.1 Å². The molecule has 23 heavy (non-hydrogen) atoms. The van der Waals surface area contributed by atoms with Crippen LogP contribution in [0, 0.1) is 5.92 Å². The van der Waals surface area contributed by atoms with Gasteiger partial charge < -0.3 is 5.11 Å². The molecule has 1 unspecified atom stereocenters. The van der Waals surface area contributed by atoms with Crippen molar-refractivity contribution < 1.29 is 5.11 Å². The van der Waals surface area contributed by atoms with Gasteiger partial charge >= 0.3 is 0 Å². The SMILES string of the molecule is CC(C)n1cc(CN2CCC(N3CCCC(CO)C3)CC2)cn1. The molecule has 0 spiro atoms. The first kappa shape index (κ1) is 16.9. The van der Waals surface area contributed by atoms with Gasteiger partial charge in [0.05, 0.1) is 6.20 Å². The minimum atomic E-state index is 0.356. The quantitative estimate of drug-likeness (QED) is 0.903. The molecular weight excluding hydrogens is 288 g/mol. The van der Waals surface area contributed by atoms with Crippen LogP contribution in [0.2, 0.25) is 0 Å². The van der Waals surface area contributed by atoms with E-state index in [-0.39, 0.29) is 0 Å². The van der Waals surface area contributed by atoms with E-state index in [0.29, 0.717) is 18.6 Å². The summed E-state index contributed by atoms with van der Waals surface area (Å²) < 4.78 is 2.05. The number of nitrogens with zero attached hydrogens (tertiary/aromatic N) is 4. The molecule has 5 heteroatoms. The second-order valence-corrected chi connectivity index (χ2v) is 7.62. The molecule has 2 aliphatic heterocycles. The molecule has 0 radical (unpaired) electrons. The first-order valence-electron chi connectivity index (χ1n) is 9.26. The van der Waals surface area contributed by atoms with Gasteiger partial charge in [-0.2, -0.15) is 5.10 Å². The van der Waals surface area contributed by atoms with E-state index in [1.165, 1.54) is 50.9 Å². The second-order valence-electron chi connectivity index (χ2n) is 7.62. The van der Waals surface area contributed by atoms with Gasteiger partial charge in [0.15, 0.2) is 0 Å². The van der Waals surface area contributed by atoms with Crippen LogP contribution in [0.3, 0.4) is 0 Å². The van der Waals surface area contributed by atoms with Crippen molar-refractivity contribution in [3.05, 3.63) is 18.0 Å². The van der Waals surface area contributed by atoms with E-state index in [1.807, 2.05) is 10.9 Å². The number of aliphatic hydroxyl groups is 1. The number of likely N-dealkylation sites (tertiary alicyclic amines) is 2. The highest BCUT2D eigenvalue weighted by molar-refractivity contribution is 5.04. The summed E-state index contributed by atoms with van der Waals surface area (Å²) in [4.78, 5) is 5.20. The van der Waals surface area contributed by atoms with Crippen LogP contribution >= 0.6 is 0 Å². The lowest BCUT2D eigenvalue weighted by Gasteiger charge is -2.42. The van der Waals surface area contributed by atoms with Crippen LogP contribution in [0.1, 0.15) is 51.1 Å². The molecule has 2 aliphatic rings. The third-order valence-corrected chi connectivity index (χ3v) is 5.47. The van der Waals surface area contributed by atoms with Gasteiger partial charge in [-0.15, -0.1) is 0 Å². The van der Waals surface area contributed by atoms with Crippen LogP contribution in [0.15, 0.2) is 12.4 Å². The fraction of sp³-hybridized carbons (Fsp3) is 0.833.